The van der Waals surface area contributed by atoms with Crippen molar-refractivity contribution in [2.45, 2.75) is 19.1 Å². The van der Waals surface area contributed by atoms with E-state index in [-0.39, 0.29) is 23.4 Å². The Morgan fingerprint density at radius 1 is 1.26 bits per heavy atom. The van der Waals surface area contributed by atoms with Crippen LogP contribution in [0.5, 0.6) is 11.5 Å². The van der Waals surface area contributed by atoms with Gasteiger partial charge in [0.1, 0.15) is 18.4 Å². The SMILES string of the molecule is C[C@H](C(=O)Nc1ccccc1[N+](=O)[O-])N(C)C[C@@H]1COc2ccccc2O1. The van der Waals surface area contributed by atoms with E-state index >= 15 is 0 Å². The minimum Gasteiger partial charge on any atom is -0.486 e. The van der Waals surface area contributed by atoms with E-state index in [1.54, 1.807) is 26.1 Å². The van der Waals surface area contributed by atoms with Crippen LogP contribution in [0.3, 0.4) is 0 Å². The number of anilines is 1. The van der Waals surface area contributed by atoms with Crippen molar-refractivity contribution in [2.75, 3.05) is 25.5 Å². The molecule has 0 aliphatic carbocycles. The number of ether oxygens (including phenoxy) is 2. The maximum absolute atomic E-state index is 12.5. The summed E-state index contributed by atoms with van der Waals surface area (Å²) in [4.78, 5) is 24.9. The summed E-state index contributed by atoms with van der Waals surface area (Å²) in [5, 5.41) is 13.7. The first-order chi connectivity index (χ1) is 13.0. The van der Waals surface area contributed by atoms with Crippen LogP contribution in [-0.4, -0.2) is 48.1 Å². The van der Waals surface area contributed by atoms with Gasteiger partial charge in [-0.3, -0.25) is 19.8 Å². The van der Waals surface area contributed by atoms with Gasteiger partial charge in [-0.25, -0.2) is 0 Å². The molecular weight excluding hydrogens is 350 g/mol. The van der Waals surface area contributed by atoms with Crippen molar-refractivity contribution >= 4 is 17.3 Å². The minimum absolute atomic E-state index is 0.138. The van der Waals surface area contributed by atoms with E-state index in [4.69, 9.17) is 9.47 Å². The van der Waals surface area contributed by atoms with Crippen molar-refractivity contribution in [1.82, 2.24) is 4.90 Å². The third-order valence-corrected chi connectivity index (χ3v) is 4.46. The predicted octanol–water partition coefficient (Wildman–Crippen LogP) is 2.69. The quantitative estimate of drug-likeness (QED) is 0.620. The van der Waals surface area contributed by atoms with Crippen LogP contribution in [0.2, 0.25) is 0 Å². The van der Waals surface area contributed by atoms with E-state index < -0.39 is 11.0 Å². The van der Waals surface area contributed by atoms with E-state index in [0.717, 1.165) is 0 Å². The fourth-order valence-electron chi connectivity index (χ4n) is 2.81. The molecule has 8 nitrogen and oxygen atoms in total. The lowest BCUT2D eigenvalue weighted by Gasteiger charge is -2.31. The summed E-state index contributed by atoms with van der Waals surface area (Å²) in [6.07, 6.45) is -0.216. The molecule has 0 aromatic heterocycles. The standard InChI is InChI=1S/C19H21N3O5/c1-13(19(23)20-15-7-3-4-8-16(15)22(24)25)21(2)11-14-12-26-17-9-5-6-10-18(17)27-14/h3-10,13-14H,11-12H2,1-2H3,(H,20,23)/t13-,14-/m1/s1. The van der Waals surface area contributed by atoms with Crippen molar-refractivity contribution < 1.29 is 19.2 Å². The van der Waals surface area contributed by atoms with Crippen molar-refractivity contribution in [3.8, 4) is 11.5 Å². The smallest absolute Gasteiger partial charge is 0.292 e. The molecule has 0 radical (unpaired) electrons. The third-order valence-electron chi connectivity index (χ3n) is 4.46. The number of benzene rings is 2. The zero-order valence-corrected chi connectivity index (χ0v) is 15.1. The van der Waals surface area contributed by atoms with Gasteiger partial charge >= 0.3 is 0 Å². The Kier molecular flexibility index (Phi) is 5.56. The van der Waals surface area contributed by atoms with Crippen LogP contribution in [0.15, 0.2) is 48.5 Å². The molecule has 2 aromatic carbocycles. The first-order valence-corrected chi connectivity index (χ1v) is 8.58. The Balaban J connectivity index is 1.60. The molecule has 1 N–H and O–H groups in total. The number of nitro benzene ring substituents is 1. The summed E-state index contributed by atoms with van der Waals surface area (Å²) < 4.78 is 11.6. The van der Waals surface area contributed by atoms with Gasteiger partial charge in [-0.1, -0.05) is 24.3 Å². The molecule has 0 bridgehead atoms. The third kappa shape index (κ3) is 4.35. The van der Waals surface area contributed by atoms with Crippen molar-refractivity contribution in [1.29, 1.82) is 0 Å². The van der Waals surface area contributed by atoms with E-state index in [1.165, 1.54) is 12.1 Å². The van der Waals surface area contributed by atoms with Crippen LogP contribution in [-0.2, 0) is 4.79 Å². The number of nitro groups is 1. The fraction of sp³-hybridized carbons (Fsp3) is 0.316. The van der Waals surface area contributed by atoms with Crippen LogP contribution in [0, 0.1) is 10.1 Å². The fourth-order valence-corrected chi connectivity index (χ4v) is 2.81. The molecule has 1 aliphatic heterocycles. The van der Waals surface area contributed by atoms with E-state index in [9.17, 15) is 14.9 Å². The van der Waals surface area contributed by atoms with Gasteiger partial charge in [0.2, 0.25) is 5.91 Å². The number of nitrogens with zero attached hydrogens (tertiary/aromatic N) is 2. The number of hydrogen-bond acceptors (Lipinski definition) is 6. The summed E-state index contributed by atoms with van der Waals surface area (Å²) >= 11 is 0. The number of fused-ring (bicyclic) bond motifs is 1. The second kappa shape index (κ2) is 8.05. The highest BCUT2D eigenvalue weighted by Crippen LogP contribution is 2.31. The van der Waals surface area contributed by atoms with Crippen molar-refractivity contribution in [3.05, 3.63) is 58.6 Å². The molecule has 3 rings (SSSR count). The molecule has 27 heavy (non-hydrogen) atoms. The van der Waals surface area contributed by atoms with Crippen LogP contribution < -0.4 is 14.8 Å². The van der Waals surface area contributed by atoms with Crippen molar-refractivity contribution in [3.63, 3.8) is 0 Å². The molecule has 2 atom stereocenters. The molecule has 2 aromatic rings. The summed E-state index contributed by atoms with van der Waals surface area (Å²) in [7, 11) is 1.80. The number of para-hydroxylation sites is 4. The highest BCUT2D eigenvalue weighted by molar-refractivity contribution is 5.96. The molecule has 1 amide bonds. The highest BCUT2D eigenvalue weighted by atomic mass is 16.6. The predicted molar refractivity (Wildman–Crippen MR) is 100 cm³/mol. The molecule has 0 unspecified atom stereocenters. The largest absolute Gasteiger partial charge is 0.486 e. The summed E-state index contributed by atoms with van der Waals surface area (Å²) in [5.74, 6) is 1.06. The van der Waals surface area contributed by atoms with Gasteiger partial charge in [0.25, 0.3) is 5.69 Å². The highest BCUT2D eigenvalue weighted by Gasteiger charge is 2.27. The van der Waals surface area contributed by atoms with Gasteiger partial charge in [0, 0.05) is 12.6 Å². The topological polar surface area (TPSA) is 93.9 Å². The van der Waals surface area contributed by atoms with Gasteiger partial charge in [-0.2, -0.15) is 0 Å². The molecule has 142 valence electrons. The Bertz CT molecular complexity index is 842. The average molecular weight is 371 g/mol. The normalized spacial score (nSPS) is 16.6. The van der Waals surface area contributed by atoms with Gasteiger partial charge in [0.15, 0.2) is 11.5 Å². The summed E-state index contributed by atoms with van der Waals surface area (Å²) in [6.45, 7) is 2.60. The van der Waals surface area contributed by atoms with Crippen LogP contribution >= 0.6 is 0 Å². The van der Waals surface area contributed by atoms with Crippen molar-refractivity contribution in [2.24, 2.45) is 0 Å². The zero-order valence-electron chi connectivity index (χ0n) is 15.1. The summed E-state index contributed by atoms with van der Waals surface area (Å²) in [5.41, 5.74) is 0.0419. The van der Waals surface area contributed by atoms with E-state index in [2.05, 4.69) is 5.32 Å². The Morgan fingerprint density at radius 3 is 2.67 bits per heavy atom. The molecule has 0 spiro atoms. The number of nitrogens with one attached hydrogen (secondary N) is 1. The molecule has 8 heteroatoms. The molecule has 1 heterocycles. The monoisotopic (exact) mass is 371 g/mol. The Labute approximate surface area is 156 Å². The zero-order chi connectivity index (χ0) is 19.4. The maximum atomic E-state index is 12.5. The number of amides is 1. The molecule has 0 fully saturated rings. The van der Waals surface area contributed by atoms with Crippen LogP contribution in [0.4, 0.5) is 11.4 Å². The lowest BCUT2D eigenvalue weighted by Crippen LogP contribution is -2.46. The van der Waals surface area contributed by atoms with Crippen LogP contribution in [0.25, 0.3) is 0 Å². The Morgan fingerprint density at radius 2 is 1.93 bits per heavy atom. The maximum Gasteiger partial charge on any atom is 0.292 e. The molecule has 0 saturated carbocycles. The lowest BCUT2D eigenvalue weighted by molar-refractivity contribution is -0.383. The molecule has 0 saturated heterocycles. The number of rotatable bonds is 6. The van der Waals surface area contributed by atoms with Gasteiger partial charge in [-0.05, 0) is 32.2 Å². The lowest BCUT2D eigenvalue weighted by atomic mass is 10.2. The summed E-state index contributed by atoms with van der Waals surface area (Å²) in [6, 6.07) is 13.0. The number of carbonyl (C=O) groups is 1. The second-order valence-corrected chi connectivity index (χ2v) is 6.38. The number of carbonyl (C=O) groups excluding carboxylic acids is 1. The average Bonchev–Trinajstić information content (AvgIpc) is 2.67. The Hall–Kier alpha value is -3.13. The molecular formula is C19H21N3O5. The van der Waals surface area contributed by atoms with Gasteiger partial charge < -0.3 is 14.8 Å². The van der Waals surface area contributed by atoms with Crippen LogP contribution in [0.1, 0.15) is 6.92 Å². The van der Waals surface area contributed by atoms with Gasteiger partial charge in [-0.15, -0.1) is 0 Å². The first kappa shape index (κ1) is 18.7. The first-order valence-electron chi connectivity index (χ1n) is 8.58. The van der Waals surface area contributed by atoms with E-state index in [1.807, 2.05) is 29.2 Å². The molecule has 1 aliphatic rings. The number of likely N-dealkylation sites (N-methyl/N-ethyl adjacent to an activating group) is 1. The minimum atomic E-state index is -0.519. The number of hydrogen-bond donors (Lipinski definition) is 1. The van der Waals surface area contributed by atoms with E-state index in [0.29, 0.717) is 24.7 Å². The van der Waals surface area contributed by atoms with Gasteiger partial charge in [0.05, 0.1) is 11.0 Å². The second-order valence-electron chi connectivity index (χ2n) is 6.38.